The predicted octanol–water partition coefficient (Wildman–Crippen LogP) is 5.07. The topological polar surface area (TPSA) is 49.4 Å². The smallest absolute Gasteiger partial charge is 0.282 e. The normalized spacial score (nSPS) is 14.2. The van der Waals surface area contributed by atoms with Gasteiger partial charge in [0.05, 0.1) is 11.3 Å². The zero-order valence-corrected chi connectivity index (χ0v) is 16.8. The summed E-state index contributed by atoms with van der Waals surface area (Å²) in [6, 6.07) is 17.2. The molecule has 0 radical (unpaired) electrons. The first-order chi connectivity index (χ1) is 13.5. The molecule has 1 N–H and O–H groups in total. The van der Waals surface area contributed by atoms with Crippen molar-refractivity contribution in [1.82, 2.24) is 0 Å². The van der Waals surface area contributed by atoms with Gasteiger partial charge in [0.1, 0.15) is 5.70 Å². The van der Waals surface area contributed by atoms with Gasteiger partial charge in [-0.15, -0.1) is 11.3 Å². The SMILES string of the molecule is Cc1ccc(NC2=C(c3cccs3)C(=O)N(c3ccccc3C)C2=O)c(C)c1. The Balaban J connectivity index is 1.83. The van der Waals surface area contributed by atoms with Crippen LogP contribution in [0, 0.1) is 20.8 Å². The molecule has 0 saturated heterocycles. The Labute approximate surface area is 168 Å². The van der Waals surface area contributed by atoms with Crippen molar-refractivity contribution >= 4 is 40.1 Å². The van der Waals surface area contributed by atoms with Gasteiger partial charge in [-0.25, -0.2) is 4.90 Å². The Morgan fingerprint density at radius 1 is 0.857 bits per heavy atom. The lowest BCUT2D eigenvalue weighted by molar-refractivity contribution is -0.120. The third-order valence-electron chi connectivity index (χ3n) is 4.85. The van der Waals surface area contributed by atoms with Gasteiger partial charge in [-0.2, -0.15) is 0 Å². The number of nitrogens with one attached hydrogen (secondary N) is 1. The number of anilines is 2. The van der Waals surface area contributed by atoms with E-state index in [0.717, 1.165) is 27.3 Å². The Hall–Kier alpha value is -3.18. The lowest BCUT2D eigenvalue weighted by atomic mass is 10.1. The van der Waals surface area contributed by atoms with Gasteiger partial charge in [0.15, 0.2) is 0 Å². The summed E-state index contributed by atoms with van der Waals surface area (Å²) in [5, 5.41) is 5.16. The molecule has 5 heteroatoms. The van der Waals surface area contributed by atoms with Crippen LogP contribution < -0.4 is 10.2 Å². The van der Waals surface area contributed by atoms with Crippen LogP contribution in [-0.4, -0.2) is 11.8 Å². The van der Waals surface area contributed by atoms with Crippen LogP contribution in [0.15, 0.2) is 65.7 Å². The molecule has 0 atom stereocenters. The van der Waals surface area contributed by atoms with Gasteiger partial charge >= 0.3 is 0 Å². The fourth-order valence-corrected chi connectivity index (χ4v) is 4.18. The van der Waals surface area contributed by atoms with Gasteiger partial charge in [-0.05, 0) is 55.5 Å². The summed E-state index contributed by atoms with van der Waals surface area (Å²) in [7, 11) is 0. The van der Waals surface area contributed by atoms with Crippen LogP contribution in [0.25, 0.3) is 5.57 Å². The molecule has 1 aliphatic rings. The third-order valence-corrected chi connectivity index (χ3v) is 5.74. The molecule has 140 valence electrons. The van der Waals surface area contributed by atoms with E-state index in [4.69, 9.17) is 0 Å². The van der Waals surface area contributed by atoms with Crippen molar-refractivity contribution in [3.63, 3.8) is 0 Å². The van der Waals surface area contributed by atoms with Crippen LogP contribution in [0.2, 0.25) is 0 Å². The number of amides is 2. The van der Waals surface area contributed by atoms with Crippen molar-refractivity contribution in [1.29, 1.82) is 0 Å². The first-order valence-corrected chi connectivity index (χ1v) is 9.92. The second-order valence-corrected chi connectivity index (χ2v) is 7.85. The van der Waals surface area contributed by atoms with Crippen molar-refractivity contribution in [2.24, 2.45) is 0 Å². The van der Waals surface area contributed by atoms with E-state index in [-0.39, 0.29) is 11.8 Å². The molecule has 2 amide bonds. The maximum absolute atomic E-state index is 13.3. The molecule has 3 aromatic rings. The number of rotatable bonds is 4. The molecule has 0 bridgehead atoms. The average Bonchev–Trinajstić information content (AvgIpc) is 3.26. The first kappa shape index (κ1) is 18.2. The molecule has 1 aliphatic heterocycles. The van der Waals surface area contributed by atoms with Crippen molar-refractivity contribution < 1.29 is 9.59 Å². The number of benzene rings is 2. The molecule has 1 aromatic heterocycles. The number of aryl methyl sites for hydroxylation is 3. The van der Waals surface area contributed by atoms with E-state index < -0.39 is 0 Å². The lowest BCUT2D eigenvalue weighted by Gasteiger charge is -2.18. The Morgan fingerprint density at radius 2 is 1.64 bits per heavy atom. The van der Waals surface area contributed by atoms with Crippen LogP contribution in [0.1, 0.15) is 21.6 Å². The number of nitrogens with zero attached hydrogens (tertiary/aromatic N) is 1. The van der Waals surface area contributed by atoms with Gasteiger partial charge in [-0.1, -0.05) is 42.0 Å². The molecule has 0 saturated carbocycles. The minimum absolute atomic E-state index is 0.297. The summed E-state index contributed by atoms with van der Waals surface area (Å²) in [4.78, 5) is 28.7. The zero-order chi connectivity index (χ0) is 19.8. The van der Waals surface area contributed by atoms with E-state index in [9.17, 15) is 9.59 Å². The first-order valence-electron chi connectivity index (χ1n) is 9.04. The Morgan fingerprint density at radius 3 is 2.32 bits per heavy atom. The van der Waals surface area contributed by atoms with Gasteiger partial charge in [0.25, 0.3) is 11.8 Å². The van der Waals surface area contributed by atoms with E-state index in [2.05, 4.69) is 5.32 Å². The Bertz CT molecular complexity index is 1110. The number of carbonyl (C=O) groups is 2. The van der Waals surface area contributed by atoms with Crippen molar-refractivity contribution in [2.45, 2.75) is 20.8 Å². The molecule has 2 aromatic carbocycles. The molecule has 2 heterocycles. The van der Waals surface area contributed by atoms with Crippen LogP contribution in [-0.2, 0) is 9.59 Å². The van der Waals surface area contributed by atoms with Gasteiger partial charge in [-0.3, -0.25) is 9.59 Å². The molecule has 4 nitrogen and oxygen atoms in total. The van der Waals surface area contributed by atoms with Crippen LogP contribution in [0.5, 0.6) is 0 Å². The van der Waals surface area contributed by atoms with Crippen LogP contribution in [0.4, 0.5) is 11.4 Å². The standard InChI is InChI=1S/C23H20N2O2S/c1-14-10-11-17(16(3)13-14)24-21-20(19-9-6-12-28-19)22(26)25(23(21)27)18-8-5-4-7-15(18)2/h4-13,24H,1-3H3. The van der Waals surface area contributed by atoms with E-state index in [0.29, 0.717) is 17.0 Å². The van der Waals surface area contributed by atoms with E-state index >= 15 is 0 Å². The lowest BCUT2D eigenvalue weighted by Crippen LogP contribution is -2.33. The van der Waals surface area contributed by atoms with Gasteiger partial charge < -0.3 is 5.32 Å². The number of carbonyl (C=O) groups excluding carboxylic acids is 2. The maximum atomic E-state index is 13.3. The van der Waals surface area contributed by atoms with E-state index in [1.54, 1.807) is 6.07 Å². The molecular weight excluding hydrogens is 368 g/mol. The van der Waals surface area contributed by atoms with Crippen LogP contribution in [0.3, 0.4) is 0 Å². The molecule has 28 heavy (non-hydrogen) atoms. The highest BCUT2D eigenvalue weighted by molar-refractivity contribution is 7.11. The molecule has 4 rings (SSSR count). The zero-order valence-electron chi connectivity index (χ0n) is 15.9. The summed E-state index contributed by atoms with van der Waals surface area (Å²) >= 11 is 1.45. The molecular formula is C23H20N2O2S. The third kappa shape index (κ3) is 3.04. The summed E-state index contributed by atoms with van der Waals surface area (Å²) < 4.78 is 0. The van der Waals surface area contributed by atoms with Crippen LogP contribution >= 0.6 is 11.3 Å². The number of imide groups is 1. The number of thiophene rings is 1. The maximum Gasteiger partial charge on any atom is 0.282 e. The highest BCUT2D eigenvalue weighted by atomic mass is 32.1. The molecule has 0 fully saturated rings. The van der Waals surface area contributed by atoms with E-state index in [1.807, 2.05) is 74.7 Å². The summed E-state index contributed by atoms with van der Waals surface area (Å²) in [5.41, 5.74) is 5.22. The fraction of sp³-hybridized carbons (Fsp3) is 0.130. The predicted molar refractivity (Wildman–Crippen MR) is 114 cm³/mol. The van der Waals surface area contributed by atoms with Crippen molar-refractivity contribution in [3.8, 4) is 0 Å². The minimum atomic E-state index is -0.331. The number of hydrogen-bond donors (Lipinski definition) is 1. The van der Waals surface area contributed by atoms with Gasteiger partial charge in [0.2, 0.25) is 0 Å². The fourth-order valence-electron chi connectivity index (χ4n) is 3.42. The highest BCUT2D eigenvalue weighted by Gasteiger charge is 2.41. The Kier molecular flexibility index (Phi) is 4.61. The second kappa shape index (κ2) is 7.09. The quantitative estimate of drug-likeness (QED) is 0.635. The summed E-state index contributed by atoms with van der Waals surface area (Å²) in [6.07, 6.45) is 0. The number of para-hydroxylation sites is 1. The highest BCUT2D eigenvalue weighted by Crippen LogP contribution is 2.36. The molecule has 0 aliphatic carbocycles. The second-order valence-electron chi connectivity index (χ2n) is 6.90. The summed E-state index contributed by atoms with van der Waals surface area (Å²) in [5.74, 6) is -0.628. The van der Waals surface area contributed by atoms with Crippen molar-refractivity contribution in [3.05, 3.63) is 87.2 Å². The monoisotopic (exact) mass is 388 g/mol. The number of hydrogen-bond acceptors (Lipinski definition) is 4. The average molecular weight is 388 g/mol. The van der Waals surface area contributed by atoms with E-state index in [1.165, 1.54) is 16.2 Å². The largest absolute Gasteiger partial charge is 0.350 e. The minimum Gasteiger partial charge on any atom is -0.350 e. The molecule has 0 spiro atoms. The van der Waals surface area contributed by atoms with Crippen molar-refractivity contribution in [2.75, 3.05) is 10.2 Å². The molecule has 0 unspecified atom stereocenters. The van der Waals surface area contributed by atoms with Gasteiger partial charge in [0, 0.05) is 10.6 Å². The summed E-state index contributed by atoms with van der Waals surface area (Å²) in [6.45, 7) is 5.91.